The molecule has 0 saturated carbocycles. The highest BCUT2D eigenvalue weighted by Gasteiger charge is 2.29. The minimum absolute atomic E-state index is 0.0118. The van der Waals surface area contributed by atoms with Crippen molar-refractivity contribution >= 4 is 34.4 Å². The summed E-state index contributed by atoms with van der Waals surface area (Å²) in [5, 5.41) is 2.94. The van der Waals surface area contributed by atoms with Crippen molar-refractivity contribution in [3.05, 3.63) is 47.5 Å². The molecule has 0 saturated heterocycles. The summed E-state index contributed by atoms with van der Waals surface area (Å²) in [6.45, 7) is 0. The minimum atomic E-state index is -0.0118. The number of aromatic nitrogens is 2. The average molecular weight is 311 g/mol. The lowest BCUT2D eigenvalue weighted by atomic mass is 9.84. The molecule has 1 atom stereocenters. The number of fused-ring (bicyclic) bond motifs is 3. The van der Waals surface area contributed by atoms with Crippen LogP contribution >= 0.6 is 11.7 Å². The third-order valence-electron chi connectivity index (χ3n) is 4.00. The van der Waals surface area contributed by atoms with E-state index >= 15 is 0 Å². The van der Waals surface area contributed by atoms with Gasteiger partial charge >= 0.3 is 0 Å². The zero-order valence-corrected chi connectivity index (χ0v) is 12.7. The van der Waals surface area contributed by atoms with Gasteiger partial charge in [0.15, 0.2) is 0 Å². The van der Waals surface area contributed by atoms with Crippen LogP contribution in [-0.4, -0.2) is 21.8 Å². The van der Waals surface area contributed by atoms with Gasteiger partial charge < -0.3 is 10.1 Å². The number of carbonyl (C=O) groups is 1. The van der Waals surface area contributed by atoms with Crippen molar-refractivity contribution in [1.29, 1.82) is 0 Å². The molecule has 0 bridgehead atoms. The standard InChI is InChI=1S/C16H13N3O2S/c1-21-10-4-2-9(3-5-10)11-8-14(20)17-12-6-7-13-16(15(11)12)19-22-18-13/h2-7,11H,8H2,1H3,(H,17,20)/t11-/m1/s1. The molecule has 1 aromatic heterocycles. The van der Waals surface area contributed by atoms with Gasteiger partial charge in [0, 0.05) is 23.6 Å². The lowest BCUT2D eigenvalue weighted by Crippen LogP contribution is -2.23. The molecule has 1 aliphatic rings. The molecule has 6 heteroatoms. The SMILES string of the molecule is COc1ccc([C@H]2CC(=O)Nc3ccc4nsnc4c32)cc1. The van der Waals surface area contributed by atoms with Gasteiger partial charge in [-0.2, -0.15) is 8.75 Å². The normalized spacial score (nSPS) is 17.1. The molecule has 110 valence electrons. The van der Waals surface area contributed by atoms with Crippen LogP contribution in [0, 0.1) is 0 Å². The molecule has 2 aromatic carbocycles. The van der Waals surface area contributed by atoms with Crippen LogP contribution in [0.1, 0.15) is 23.5 Å². The fourth-order valence-electron chi connectivity index (χ4n) is 2.94. The largest absolute Gasteiger partial charge is 0.497 e. The van der Waals surface area contributed by atoms with Crippen LogP contribution < -0.4 is 10.1 Å². The number of methoxy groups -OCH3 is 1. The molecule has 4 rings (SSSR count). The third kappa shape index (κ3) is 2.03. The van der Waals surface area contributed by atoms with Crippen molar-refractivity contribution in [2.45, 2.75) is 12.3 Å². The zero-order chi connectivity index (χ0) is 15.1. The van der Waals surface area contributed by atoms with E-state index in [1.165, 1.54) is 11.7 Å². The molecule has 5 nitrogen and oxygen atoms in total. The van der Waals surface area contributed by atoms with Gasteiger partial charge in [0.1, 0.15) is 16.8 Å². The van der Waals surface area contributed by atoms with E-state index in [9.17, 15) is 4.79 Å². The van der Waals surface area contributed by atoms with Gasteiger partial charge in [0.2, 0.25) is 5.91 Å². The highest BCUT2D eigenvalue weighted by atomic mass is 32.1. The van der Waals surface area contributed by atoms with Crippen LogP contribution in [-0.2, 0) is 4.79 Å². The maximum Gasteiger partial charge on any atom is 0.225 e. The van der Waals surface area contributed by atoms with E-state index in [-0.39, 0.29) is 11.8 Å². The third-order valence-corrected chi connectivity index (χ3v) is 4.54. The molecule has 0 spiro atoms. The van der Waals surface area contributed by atoms with E-state index in [4.69, 9.17) is 4.74 Å². The number of amides is 1. The Morgan fingerprint density at radius 3 is 2.77 bits per heavy atom. The summed E-state index contributed by atoms with van der Waals surface area (Å²) in [6.07, 6.45) is 0.413. The van der Waals surface area contributed by atoms with Gasteiger partial charge in [0.05, 0.1) is 18.8 Å². The Hall–Kier alpha value is -2.47. The summed E-state index contributed by atoms with van der Waals surface area (Å²) in [7, 11) is 1.64. The van der Waals surface area contributed by atoms with Crippen LogP contribution in [0.5, 0.6) is 5.75 Å². The van der Waals surface area contributed by atoms with Crippen LogP contribution in [0.3, 0.4) is 0 Å². The summed E-state index contributed by atoms with van der Waals surface area (Å²) < 4.78 is 13.9. The number of anilines is 1. The monoisotopic (exact) mass is 311 g/mol. The highest BCUT2D eigenvalue weighted by Crippen LogP contribution is 2.41. The fraction of sp³-hybridized carbons (Fsp3) is 0.188. The maximum atomic E-state index is 12.0. The molecule has 1 amide bonds. The van der Waals surface area contributed by atoms with Crippen molar-refractivity contribution in [3.63, 3.8) is 0 Å². The first-order valence-electron chi connectivity index (χ1n) is 6.95. The number of hydrogen-bond donors (Lipinski definition) is 1. The van der Waals surface area contributed by atoms with Gasteiger partial charge in [-0.05, 0) is 29.8 Å². The van der Waals surface area contributed by atoms with Crippen LogP contribution in [0.15, 0.2) is 36.4 Å². The van der Waals surface area contributed by atoms with E-state index < -0.39 is 0 Å². The number of carbonyl (C=O) groups excluding carboxylic acids is 1. The molecule has 2 heterocycles. The van der Waals surface area contributed by atoms with E-state index in [2.05, 4.69) is 14.1 Å². The molecule has 22 heavy (non-hydrogen) atoms. The van der Waals surface area contributed by atoms with Gasteiger partial charge in [-0.25, -0.2) is 0 Å². The van der Waals surface area contributed by atoms with Crippen LogP contribution in [0.2, 0.25) is 0 Å². The first-order chi connectivity index (χ1) is 10.8. The van der Waals surface area contributed by atoms with E-state index in [1.807, 2.05) is 36.4 Å². The zero-order valence-electron chi connectivity index (χ0n) is 11.9. The molecular formula is C16H13N3O2S. The van der Waals surface area contributed by atoms with E-state index in [1.54, 1.807) is 7.11 Å². The summed E-state index contributed by atoms with van der Waals surface area (Å²) in [4.78, 5) is 12.0. The van der Waals surface area contributed by atoms with E-state index in [0.29, 0.717) is 6.42 Å². The molecule has 1 aliphatic heterocycles. The first kappa shape index (κ1) is 13.2. The van der Waals surface area contributed by atoms with Crippen molar-refractivity contribution < 1.29 is 9.53 Å². The average Bonchev–Trinajstić information content (AvgIpc) is 3.02. The molecule has 0 aliphatic carbocycles. The quantitative estimate of drug-likeness (QED) is 0.789. The second-order valence-corrected chi connectivity index (χ2v) is 5.77. The minimum Gasteiger partial charge on any atom is -0.497 e. The summed E-state index contributed by atoms with van der Waals surface area (Å²) in [5.74, 6) is 0.816. The van der Waals surface area contributed by atoms with E-state index in [0.717, 1.165) is 33.6 Å². The van der Waals surface area contributed by atoms with Crippen molar-refractivity contribution in [1.82, 2.24) is 8.75 Å². The number of nitrogens with zero attached hydrogens (tertiary/aromatic N) is 2. The lowest BCUT2D eigenvalue weighted by Gasteiger charge is -2.26. The Labute approximate surface area is 131 Å². The molecule has 3 aromatic rings. The number of nitrogens with one attached hydrogen (secondary N) is 1. The van der Waals surface area contributed by atoms with Crippen LogP contribution in [0.25, 0.3) is 11.0 Å². The fourth-order valence-corrected chi connectivity index (χ4v) is 3.49. The topological polar surface area (TPSA) is 64.1 Å². The van der Waals surface area contributed by atoms with Crippen molar-refractivity contribution in [3.8, 4) is 5.75 Å². The van der Waals surface area contributed by atoms with Crippen LogP contribution in [0.4, 0.5) is 5.69 Å². The number of rotatable bonds is 2. The second-order valence-electron chi connectivity index (χ2n) is 5.24. The molecule has 0 fully saturated rings. The molecule has 0 unspecified atom stereocenters. The Kier molecular flexibility index (Phi) is 3.04. The summed E-state index contributed by atoms with van der Waals surface area (Å²) in [6, 6.07) is 11.7. The highest BCUT2D eigenvalue weighted by molar-refractivity contribution is 7.00. The Bertz CT molecular complexity index is 857. The van der Waals surface area contributed by atoms with Crippen molar-refractivity contribution in [2.75, 3.05) is 12.4 Å². The smallest absolute Gasteiger partial charge is 0.225 e. The summed E-state index contributed by atoms with van der Waals surface area (Å²) >= 11 is 1.20. The predicted octanol–water partition coefficient (Wildman–Crippen LogP) is 3.17. The Morgan fingerprint density at radius 1 is 1.18 bits per heavy atom. The number of ether oxygens (including phenoxy) is 1. The van der Waals surface area contributed by atoms with Gasteiger partial charge in [-0.1, -0.05) is 12.1 Å². The van der Waals surface area contributed by atoms with Crippen molar-refractivity contribution in [2.24, 2.45) is 0 Å². The van der Waals surface area contributed by atoms with Gasteiger partial charge in [-0.15, -0.1) is 0 Å². The predicted molar refractivity (Wildman–Crippen MR) is 85.5 cm³/mol. The molecular weight excluding hydrogens is 298 g/mol. The maximum absolute atomic E-state index is 12.0. The van der Waals surface area contributed by atoms with Gasteiger partial charge in [-0.3, -0.25) is 4.79 Å². The number of hydrogen-bond acceptors (Lipinski definition) is 5. The molecule has 1 N–H and O–H groups in total. The Balaban J connectivity index is 1.89. The van der Waals surface area contributed by atoms with Gasteiger partial charge in [0.25, 0.3) is 0 Å². The molecule has 0 radical (unpaired) electrons. The summed E-state index contributed by atoms with van der Waals surface area (Å²) in [5.41, 5.74) is 4.72. The lowest BCUT2D eigenvalue weighted by molar-refractivity contribution is -0.116. The number of benzene rings is 2. The first-order valence-corrected chi connectivity index (χ1v) is 7.68. The second kappa shape index (κ2) is 5.06. The Morgan fingerprint density at radius 2 is 2.00 bits per heavy atom.